The first-order valence-electron chi connectivity index (χ1n) is 8.58. The molecule has 1 aromatic carbocycles. The van der Waals surface area contributed by atoms with Crippen LogP contribution in [0.2, 0.25) is 0 Å². The third-order valence-electron chi connectivity index (χ3n) is 4.78. The van der Waals surface area contributed by atoms with E-state index in [2.05, 4.69) is 16.0 Å². The van der Waals surface area contributed by atoms with Gasteiger partial charge in [0.1, 0.15) is 17.3 Å². The Morgan fingerprint density at radius 3 is 2.77 bits per heavy atom. The topological polar surface area (TPSA) is 62.4 Å². The van der Waals surface area contributed by atoms with Crippen molar-refractivity contribution in [3.63, 3.8) is 0 Å². The molecule has 0 aromatic heterocycles. The number of rotatable bonds is 4. The van der Waals surface area contributed by atoms with E-state index in [4.69, 9.17) is 4.74 Å². The average Bonchev–Trinajstić information content (AvgIpc) is 3.48. The molecule has 0 spiro atoms. The van der Waals surface area contributed by atoms with Gasteiger partial charge in [-0.1, -0.05) is 12.1 Å². The van der Waals surface area contributed by atoms with Crippen LogP contribution in [-0.4, -0.2) is 13.0 Å². The SMILES string of the molecule is COC1=C2NC(NC(=O)C3CC3)=CNC2=C(c2cccc(F)c2F)CC1. The predicted molar refractivity (Wildman–Crippen MR) is 91.8 cm³/mol. The van der Waals surface area contributed by atoms with E-state index in [1.165, 1.54) is 6.07 Å². The fourth-order valence-corrected chi connectivity index (χ4v) is 3.24. The van der Waals surface area contributed by atoms with Gasteiger partial charge < -0.3 is 20.7 Å². The Labute approximate surface area is 149 Å². The predicted octanol–water partition coefficient (Wildman–Crippen LogP) is 2.85. The molecule has 4 rings (SSSR count). The second-order valence-electron chi connectivity index (χ2n) is 6.55. The highest BCUT2D eigenvalue weighted by Crippen LogP contribution is 2.37. The number of nitrogens with one attached hydrogen (secondary N) is 3. The Hall–Kier alpha value is -2.83. The summed E-state index contributed by atoms with van der Waals surface area (Å²) in [6.07, 6.45) is 4.49. The summed E-state index contributed by atoms with van der Waals surface area (Å²) < 4.78 is 33.4. The highest BCUT2D eigenvalue weighted by atomic mass is 19.2. The molecule has 1 fully saturated rings. The maximum absolute atomic E-state index is 14.3. The molecule has 2 aliphatic carbocycles. The number of hydrogen-bond acceptors (Lipinski definition) is 4. The van der Waals surface area contributed by atoms with Crippen molar-refractivity contribution < 1.29 is 18.3 Å². The summed E-state index contributed by atoms with van der Waals surface area (Å²) in [6.45, 7) is 0. The number of allylic oxidation sites excluding steroid dienone is 2. The van der Waals surface area contributed by atoms with Gasteiger partial charge in [-0.15, -0.1) is 0 Å². The van der Waals surface area contributed by atoms with Crippen molar-refractivity contribution >= 4 is 11.5 Å². The highest BCUT2D eigenvalue weighted by molar-refractivity contribution is 5.83. The minimum absolute atomic E-state index is 0.0234. The van der Waals surface area contributed by atoms with Crippen LogP contribution in [-0.2, 0) is 9.53 Å². The number of halogens is 2. The lowest BCUT2D eigenvalue weighted by Crippen LogP contribution is -2.39. The van der Waals surface area contributed by atoms with E-state index < -0.39 is 11.6 Å². The number of carbonyl (C=O) groups excluding carboxylic acids is 1. The zero-order chi connectivity index (χ0) is 18.3. The first-order valence-corrected chi connectivity index (χ1v) is 8.58. The molecule has 5 nitrogen and oxygen atoms in total. The second-order valence-corrected chi connectivity index (χ2v) is 6.55. The van der Waals surface area contributed by atoms with Gasteiger partial charge >= 0.3 is 0 Å². The molecule has 0 unspecified atom stereocenters. The molecule has 0 atom stereocenters. The molecule has 1 amide bonds. The van der Waals surface area contributed by atoms with Gasteiger partial charge in [0, 0.05) is 24.1 Å². The van der Waals surface area contributed by atoms with Crippen molar-refractivity contribution in [1.82, 2.24) is 16.0 Å². The van der Waals surface area contributed by atoms with Gasteiger partial charge in [-0.3, -0.25) is 4.79 Å². The highest BCUT2D eigenvalue weighted by Gasteiger charge is 2.32. The van der Waals surface area contributed by atoms with Crippen molar-refractivity contribution in [1.29, 1.82) is 0 Å². The minimum Gasteiger partial charge on any atom is -0.499 e. The molecular formula is C19H19F2N3O2. The molecule has 26 heavy (non-hydrogen) atoms. The summed E-state index contributed by atoms with van der Waals surface area (Å²) in [5.41, 5.74) is 2.14. The summed E-state index contributed by atoms with van der Waals surface area (Å²) in [5, 5.41) is 9.10. The Kier molecular flexibility index (Phi) is 4.14. The zero-order valence-corrected chi connectivity index (χ0v) is 14.3. The third kappa shape index (κ3) is 2.94. The normalized spacial score (nSPS) is 19.3. The van der Waals surface area contributed by atoms with E-state index in [0.717, 1.165) is 18.9 Å². The van der Waals surface area contributed by atoms with Crippen LogP contribution >= 0.6 is 0 Å². The van der Waals surface area contributed by atoms with Gasteiger partial charge in [0.25, 0.3) is 0 Å². The Bertz CT molecular complexity index is 870. The molecule has 1 saturated carbocycles. The van der Waals surface area contributed by atoms with Crippen LogP contribution in [0.15, 0.2) is 47.4 Å². The van der Waals surface area contributed by atoms with Gasteiger partial charge in [-0.25, -0.2) is 8.78 Å². The van der Waals surface area contributed by atoms with Crippen LogP contribution < -0.4 is 16.0 Å². The lowest BCUT2D eigenvalue weighted by atomic mass is 9.91. The number of ether oxygens (including phenoxy) is 1. The van der Waals surface area contributed by atoms with E-state index in [-0.39, 0.29) is 17.4 Å². The second kappa shape index (κ2) is 6.48. The summed E-state index contributed by atoms with van der Waals surface area (Å²) in [4.78, 5) is 12.0. The smallest absolute Gasteiger partial charge is 0.228 e. The molecule has 3 aliphatic rings. The van der Waals surface area contributed by atoms with Crippen molar-refractivity contribution in [3.05, 3.63) is 64.6 Å². The molecule has 0 saturated heterocycles. The average molecular weight is 359 g/mol. The van der Waals surface area contributed by atoms with Crippen LogP contribution in [0.4, 0.5) is 8.78 Å². The lowest BCUT2D eigenvalue weighted by molar-refractivity contribution is -0.121. The standard InChI is InChI=1S/C19H19F2N3O2/c1-26-14-8-7-12(11-3-2-4-13(20)16(11)21)17-18(14)23-15(9-22-17)24-19(25)10-5-6-10/h2-4,9-10,22-23H,5-8H2,1H3,(H,24,25). The van der Waals surface area contributed by atoms with Crippen LogP contribution in [0, 0.1) is 17.6 Å². The van der Waals surface area contributed by atoms with Gasteiger partial charge in [0.05, 0.1) is 12.8 Å². The van der Waals surface area contributed by atoms with Crippen LogP contribution in [0.3, 0.4) is 0 Å². The maximum atomic E-state index is 14.3. The van der Waals surface area contributed by atoms with Gasteiger partial charge in [0.15, 0.2) is 11.6 Å². The van der Waals surface area contributed by atoms with Crippen molar-refractivity contribution in [2.75, 3.05) is 7.11 Å². The minimum atomic E-state index is -0.879. The molecule has 3 N–H and O–H groups in total. The summed E-state index contributed by atoms with van der Waals surface area (Å²) in [5.74, 6) is -0.488. The summed E-state index contributed by atoms with van der Waals surface area (Å²) >= 11 is 0. The molecule has 136 valence electrons. The van der Waals surface area contributed by atoms with E-state index in [9.17, 15) is 13.6 Å². The number of amides is 1. The van der Waals surface area contributed by atoms with Gasteiger partial charge in [0.2, 0.25) is 5.91 Å². The Balaban J connectivity index is 1.71. The number of fused-ring (bicyclic) bond motifs is 1. The maximum Gasteiger partial charge on any atom is 0.228 e. The lowest BCUT2D eigenvalue weighted by Gasteiger charge is -2.31. The summed E-state index contributed by atoms with van der Waals surface area (Å²) in [6, 6.07) is 4.15. The van der Waals surface area contributed by atoms with Crippen molar-refractivity contribution in [2.45, 2.75) is 25.7 Å². The van der Waals surface area contributed by atoms with E-state index in [1.807, 2.05) is 0 Å². The van der Waals surface area contributed by atoms with Crippen LogP contribution in [0.25, 0.3) is 5.57 Å². The van der Waals surface area contributed by atoms with Crippen molar-refractivity contribution in [3.8, 4) is 0 Å². The molecule has 0 bridgehead atoms. The number of hydrogen-bond donors (Lipinski definition) is 3. The first-order chi connectivity index (χ1) is 12.6. The van der Waals surface area contributed by atoms with Gasteiger partial charge in [-0.2, -0.15) is 0 Å². The number of benzene rings is 1. The molecule has 1 aliphatic heterocycles. The largest absolute Gasteiger partial charge is 0.499 e. The third-order valence-corrected chi connectivity index (χ3v) is 4.78. The monoisotopic (exact) mass is 359 g/mol. The molecular weight excluding hydrogens is 340 g/mol. The van der Waals surface area contributed by atoms with E-state index in [0.29, 0.717) is 41.4 Å². The fraction of sp³-hybridized carbons (Fsp3) is 0.316. The number of carbonyl (C=O) groups is 1. The van der Waals surface area contributed by atoms with E-state index in [1.54, 1.807) is 19.4 Å². The number of methoxy groups -OCH3 is 1. The Morgan fingerprint density at radius 2 is 2.04 bits per heavy atom. The molecule has 0 radical (unpaired) electrons. The van der Waals surface area contributed by atoms with E-state index >= 15 is 0 Å². The molecule has 1 heterocycles. The Morgan fingerprint density at radius 1 is 1.23 bits per heavy atom. The molecule has 7 heteroatoms. The van der Waals surface area contributed by atoms with Gasteiger partial charge in [-0.05, 0) is 30.9 Å². The molecule has 1 aromatic rings. The quantitative estimate of drug-likeness (QED) is 0.774. The zero-order valence-electron chi connectivity index (χ0n) is 14.3. The summed E-state index contributed by atoms with van der Waals surface area (Å²) in [7, 11) is 1.57. The fourth-order valence-electron chi connectivity index (χ4n) is 3.24. The van der Waals surface area contributed by atoms with Crippen LogP contribution in [0.1, 0.15) is 31.2 Å². The van der Waals surface area contributed by atoms with Crippen molar-refractivity contribution in [2.24, 2.45) is 5.92 Å². The first kappa shape index (κ1) is 16.6. The van der Waals surface area contributed by atoms with Crippen LogP contribution in [0.5, 0.6) is 0 Å².